The highest BCUT2D eigenvalue weighted by atomic mass is 16.3. The highest BCUT2D eigenvalue weighted by Crippen LogP contribution is 2.29. The number of amides is 1. The zero-order valence-corrected chi connectivity index (χ0v) is 9.73. The van der Waals surface area contributed by atoms with Crippen LogP contribution < -0.4 is 0 Å². The third-order valence-electron chi connectivity index (χ3n) is 2.97. The first-order valence-corrected chi connectivity index (χ1v) is 5.74. The molecule has 1 fully saturated rings. The lowest BCUT2D eigenvalue weighted by atomic mass is 10.1. The number of aryl methyl sites for hydroxylation is 1. The molecule has 1 aliphatic carbocycles. The molecule has 0 aliphatic heterocycles. The second-order valence-electron chi connectivity index (χ2n) is 4.34. The summed E-state index contributed by atoms with van der Waals surface area (Å²) in [4.78, 5) is 14.0. The molecule has 1 aromatic rings. The third-order valence-corrected chi connectivity index (χ3v) is 2.97. The molecule has 1 amide bonds. The minimum Gasteiger partial charge on any atom is -0.507 e. The number of hydrogen-bond acceptors (Lipinski definition) is 2. The normalized spacial score (nSPS) is 14.9. The highest BCUT2D eigenvalue weighted by molar-refractivity contribution is 5.97. The molecule has 0 aromatic heterocycles. The maximum Gasteiger partial charge on any atom is 0.257 e. The molecule has 86 valence electrons. The van der Waals surface area contributed by atoms with Gasteiger partial charge in [-0.05, 0) is 44.4 Å². The zero-order valence-electron chi connectivity index (χ0n) is 9.73. The van der Waals surface area contributed by atoms with E-state index in [4.69, 9.17) is 0 Å². The van der Waals surface area contributed by atoms with Crippen LogP contribution in [0.1, 0.15) is 35.7 Å². The van der Waals surface area contributed by atoms with Gasteiger partial charge in [-0.3, -0.25) is 4.79 Å². The van der Waals surface area contributed by atoms with E-state index in [1.54, 1.807) is 12.1 Å². The van der Waals surface area contributed by atoms with Gasteiger partial charge in [0.2, 0.25) is 0 Å². The van der Waals surface area contributed by atoms with E-state index in [1.807, 2.05) is 24.8 Å². The number of rotatable bonds is 3. The molecule has 16 heavy (non-hydrogen) atoms. The van der Waals surface area contributed by atoms with Crippen molar-refractivity contribution >= 4 is 5.91 Å². The molecule has 0 heterocycles. The first-order chi connectivity index (χ1) is 7.63. The molecule has 0 radical (unpaired) electrons. The minimum absolute atomic E-state index is 0.0532. The van der Waals surface area contributed by atoms with Crippen molar-refractivity contribution in [3.8, 4) is 5.75 Å². The lowest BCUT2D eigenvalue weighted by Crippen LogP contribution is -2.32. The fourth-order valence-corrected chi connectivity index (χ4v) is 1.93. The van der Waals surface area contributed by atoms with Gasteiger partial charge in [-0.25, -0.2) is 0 Å². The molecule has 1 N–H and O–H groups in total. The molecule has 0 bridgehead atoms. The Morgan fingerprint density at radius 3 is 2.69 bits per heavy atom. The molecule has 0 unspecified atom stereocenters. The number of phenols is 1. The van der Waals surface area contributed by atoms with Gasteiger partial charge in [0, 0.05) is 12.6 Å². The molecule has 0 spiro atoms. The summed E-state index contributed by atoms with van der Waals surface area (Å²) in [5.74, 6) is 0.0339. The summed E-state index contributed by atoms with van der Waals surface area (Å²) >= 11 is 0. The average molecular weight is 219 g/mol. The molecular weight excluding hydrogens is 202 g/mol. The van der Waals surface area contributed by atoms with Crippen LogP contribution in [0.2, 0.25) is 0 Å². The largest absolute Gasteiger partial charge is 0.507 e. The Labute approximate surface area is 95.7 Å². The summed E-state index contributed by atoms with van der Waals surface area (Å²) in [6, 6.07) is 5.58. The van der Waals surface area contributed by atoms with Crippen LogP contribution >= 0.6 is 0 Å². The molecular formula is C13H17NO2. The monoisotopic (exact) mass is 219 g/mol. The van der Waals surface area contributed by atoms with Gasteiger partial charge < -0.3 is 10.0 Å². The van der Waals surface area contributed by atoms with Crippen molar-refractivity contribution in [3.05, 3.63) is 29.3 Å². The van der Waals surface area contributed by atoms with E-state index >= 15 is 0 Å². The molecule has 3 nitrogen and oxygen atoms in total. The van der Waals surface area contributed by atoms with Crippen LogP contribution in [-0.4, -0.2) is 28.5 Å². The van der Waals surface area contributed by atoms with E-state index in [9.17, 15) is 9.90 Å². The topological polar surface area (TPSA) is 40.5 Å². The van der Waals surface area contributed by atoms with Gasteiger partial charge in [-0.1, -0.05) is 6.07 Å². The molecule has 0 atom stereocenters. The fraction of sp³-hybridized carbons (Fsp3) is 0.462. The maximum atomic E-state index is 12.2. The molecule has 2 rings (SSSR count). The molecule has 0 saturated heterocycles. The average Bonchev–Trinajstić information content (AvgIpc) is 3.02. The van der Waals surface area contributed by atoms with Crippen LogP contribution in [-0.2, 0) is 0 Å². The Bertz CT molecular complexity index is 410. The van der Waals surface area contributed by atoms with Crippen LogP contribution in [0, 0.1) is 6.92 Å². The van der Waals surface area contributed by atoms with Gasteiger partial charge in [-0.2, -0.15) is 0 Å². The van der Waals surface area contributed by atoms with Gasteiger partial charge in [0.25, 0.3) is 5.91 Å². The van der Waals surface area contributed by atoms with Crippen molar-refractivity contribution in [2.75, 3.05) is 6.54 Å². The predicted molar refractivity (Wildman–Crippen MR) is 62.6 cm³/mol. The van der Waals surface area contributed by atoms with Crippen LogP contribution in [0.3, 0.4) is 0 Å². The maximum absolute atomic E-state index is 12.2. The number of nitrogens with zero attached hydrogens (tertiary/aromatic N) is 1. The van der Waals surface area contributed by atoms with Crippen molar-refractivity contribution in [1.29, 1.82) is 0 Å². The van der Waals surface area contributed by atoms with Gasteiger partial charge in [0.05, 0.1) is 5.56 Å². The van der Waals surface area contributed by atoms with Crippen LogP contribution in [0.15, 0.2) is 18.2 Å². The van der Waals surface area contributed by atoms with E-state index in [0.29, 0.717) is 18.2 Å². The van der Waals surface area contributed by atoms with Crippen LogP contribution in [0.5, 0.6) is 5.75 Å². The summed E-state index contributed by atoms with van der Waals surface area (Å²) in [7, 11) is 0. The van der Waals surface area contributed by atoms with E-state index in [2.05, 4.69) is 0 Å². The summed E-state index contributed by atoms with van der Waals surface area (Å²) < 4.78 is 0. The van der Waals surface area contributed by atoms with Gasteiger partial charge in [0.1, 0.15) is 5.75 Å². The van der Waals surface area contributed by atoms with E-state index in [-0.39, 0.29) is 11.7 Å². The number of carbonyl (C=O) groups is 1. The Morgan fingerprint density at radius 1 is 1.50 bits per heavy atom. The lowest BCUT2D eigenvalue weighted by Gasteiger charge is -2.20. The summed E-state index contributed by atoms with van der Waals surface area (Å²) in [5, 5.41) is 9.76. The second-order valence-corrected chi connectivity index (χ2v) is 4.34. The van der Waals surface area contributed by atoms with Gasteiger partial charge in [0.15, 0.2) is 0 Å². The van der Waals surface area contributed by atoms with Crippen molar-refractivity contribution in [2.45, 2.75) is 32.7 Å². The lowest BCUT2D eigenvalue weighted by molar-refractivity contribution is 0.0749. The molecule has 1 aromatic carbocycles. The summed E-state index contributed by atoms with van der Waals surface area (Å²) in [5.41, 5.74) is 1.38. The van der Waals surface area contributed by atoms with Crippen molar-refractivity contribution in [2.24, 2.45) is 0 Å². The highest BCUT2D eigenvalue weighted by Gasteiger charge is 2.32. The smallest absolute Gasteiger partial charge is 0.257 e. The van der Waals surface area contributed by atoms with Crippen molar-refractivity contribution in [1.82, 2.24) is 4.90 Å². The standard InChI is InChI=1S/C13H17NO2/c1-3-14(10-5-6-10)13(16)11-7-4-9(2)8-12(11)15/h4,7-8,10,15H,3,5-6H2,1-2H3. The number of carbonyl (C=O) groups excluding carboxylic acids is 1. The van der Waals surface area contributed by atoms with Crippen molar-refractivity contribution < 1.29 is 9.90 Å². The quantitative estimate of drug-likeness (QED) is 0.847. The minimum atomic E-state index is -0.0532. The van der Waals surface area contributed by atoms with Gasteiger partial charge >= 0.3 is 0 Å². The fourth-order valence-electron chi connectivity index (χ4n) is 1.93. The SMILES string of the molecule is CCN(C(=O)c1ccc(C)cc1O)C1CC1. The summed E-state index contributed by atoms with van der Waals surface area (Å²) in [6.07, 6.45) is 2.18. The van der Waals surface area contributed by atoms with Gasteiger partial charge in [-0.15, -0.1) is 0 Å². The second kappa shape index (κ2) is 4.16. The van der Waals surface area contributed by atoms with E-state index in [0.717, 1.165) is 18.4 Å². The molecule has 3 heteroatoms. The number of benzene rings is 1. The van der Waals surface area contributed by atoms with E-state index in [1.165, 1.54) is 0 Å². The number of aromatic hydroxyl groups is 1. The summed E-state index contributed by atoms with van der Waals surface area (Å²) in [6.45, 7) is 4.57. The zero-order chi connectivity index (χ0) is 11.7. The molecule has 1 aliphatic rings. The Kier molecular flexibility index (Phi) is 2.86. The molecule has 1 saturated carbocycles. The Hall–Kier alpha value is -1.51. The number of phenolic OH excluding ortho intramolecular Hbond substituents is 1. The Morgan fingerprint density at radius 2 is 2.19 bits per heavy atom. The third kappa shape index (κ3) is 2.03. The van der Waals surface area contributed by atoms with Crippen LogP contribution in [0.25, 0.3) is 0 Å². The number of hydrogen-bond donors (Lipinski definition) is 1. The first kappa shape index (κ1) is 11.0. The van der Waals surface area contributed by atoms with Crippen molar-refractivity contribution in [3.63, 3.8) is 0 Å². The van der Waals surface area contributed by atoms with E-state index < -0.39 is 0 Å². The Balaban J connectivity index is 2.25. The predicted octanol–water partition coefficient (Wildman–Crippen LogP) is 2.33. The van der Waals surface area contributed by atoms with Crippen LogP contribution in [0.4, 0.5) is 0 Å². The first-order valence-electron chi connectivity index (χ1n) is 5.74.